The minimum Gasteiger partial charge on any atom is -0.297 e. The highest BCUT2D eigenvalue weighted by Gasteiger charge is 2.46. The molecule has 2 aromatic carbocycles. The van der Waals surface area contributed by atoms with E-state index in [0.717, 1.165) is 5.92 Å². The summed E-state index contributed by atoms with van der Waals surface area (Å²) in [6.45, 7) is 2.47. The first kappa shape index (κ1) is 19.1. The van der Waals surface area contributed by atoms with Gasteiger partial charge in [-0.25, -0.2) is 0 Å². The molecule has 6 rings (SSSR count). The lowest BCUT2D eigenvalue weighted by Crippen LogP contribution is -2.59. The standard InChI is InChI=1S/C27H34N2/c1-4-10-21(11-5-1)20-28-26-24-16-18-29(19-17-24)27(26)25(22-12-6-2-7-13-22)23-14-8-3-9-15-23/h2-3,6-9,12-15,20-21,24-27H,1,4-5,10-11,16-19H2/b28-20+/t26-,27+/m1/s1. The number of rotatable bonds is 5. The molecule has 0 spiro atoms. The summed E-state index contributed by atoms with van der Waals surface area (Å²) in [6, 6.07) is 23.3. The van der Waals surface area contributed by atoms with Crippen molar-refractivity contribution < 1.29 is 0 Å². The zero-order valence-electron chi connectivity index (χ0n) is 17.5. The summed E-state index contributed by atoms with van der Waals surface area (Å²) in [4.78, 5) is 8.13. The van der Waals surface area contributed by atoms with Crippen LogP contribution in [0.15, 0.2) is 65.7 Å². The Bertz CT molecular complexity index is 746. The largest absolute Gasteiger partial charge is 0.297 e. The van der Waals surface area contributed by atoms with Gasteiger partial charge in [0.05, 0.1) is 6.04 Å². The minimum atomic E-state index is 0.397. The van der Waals surface area contributed by atoms with E-state index in [1.54, 1.807) is 0 Å². The van der Waals surface area contributed by atoms with Gasteiger partial charge in [-0.2, -0.15) is 0 Å². The highest BCUT2D eigenvalue weighted by atomic mass is 15.2. The summed E-state index contributed by atoms with van der Waals surface area (Å²) >= 11 is 0. The third-order valence-corrected chi connectivity index (χ3v) is 7.61. The van der Waals surface area contributed by atoms with Gasteiger partial charge >= 0.3 is 0 Å². The van der Waals surface area contributed by atoms with Crippen LogP contribution in [0, 0.1) is 11.8 Å². The SMILES string of the molecule is C(=N\[C@@H]1C2CCN(CC2)[C@H]1C(c1ccccc1)c1ccccc1)/C1CCCCC1. The lowest BCUT2D eigenvalue weighted by molar-refractivity contribution is 0.0213. The third kappa shape index (κ3) is 4.05. The van der Waals surface area contributed by atoms with E-state index < -0.39 is 0 Å². The summed E-state index contributed by atoms with van der Waals surface area (Å²) in [5, 5.41) is 0. The van der Waals surface area contributed by atoms with Crippen molar-refractivity contribution in [2.24, 2.45) is 16.8 Å². The smallest absolute Gasteiger partial charge is 0.0689 e. The molecule has 3 saturated heterocycles. The van der Waals surface area contributed by atoms with Crippen molar-refractivity contribution in [3.8, 4) is 0 Å². The highest BCUT2D eigenvalue weighted by molar-refractivity contribution is 5.61. The van der Waals surface area contributed by atoms with Crippen LogP contribution in [0.2, 0.25) is 0 Å². The Labute approximate surface area is 176 Å². The molecule has 3 aliphatic heterocycles. The second kappa shape index (κ2) is 8.83. The molecular weight excluding hydrogens is 352 g/mol. The van der Waals surface area contributed by atoms with Gasteiger partial charge in [0, 0.05) is 18.2 Å². The van der Waals surface area contributed by atoms with Crippen LogP contribution in [0.1, 0.15) is 62.0 Å². The average molecular weight is 387 g/mol. The molecule has 29 heavy (non-hydrogen) atoms. The molecule has 1 saturated carbocycles. The molecule has 2 aromatic rings. The lowest BCUT2D eigenvalue weighted by Gasteiger charge is -2.52. The van der Waals surface area contributed by atoms with Crippen LogP contribution in [0.25, 0.3) is 0 Å². The van der Waals surface area contributed by atoms with E-state index in [2.05, 4.69) is 71.8 Å². The minimum absolute atomic E-state index is 0.397. The van der Waals surface area contributed by atoms with Crippen molar-refractivity contribution in [2.45, 2.75) is 62.9 Å². The number of benzene rings is 2. The van der Waals surface area contributed by atoms with Crippen LogP contribution in [-0.4, -0.2) is 36.3 Å². The Balaban J connectivity index is 1.50. The number of nitrogens with zero attached hydrogens (tertiary/aromatic N) is 2. The van der Waals surface area contributed by atoms with Crippen molar-refractivity contribution in [2.75, 3.05) is 13.1 Å². The molecule has 152 valence electrons. The fourth-order valence-electron chi connectivity index (χ4n) is 6.08. The van der Waals surface area contributed by atoms with Crippen molar-refractivity contribution >= 4 is 6.21 Å². The van der Waals surface area contributed by atoms with Crippen LogP contribution < -0.4 is 0 Å². The maximum absolute atomic E-state index is 5.38. The Morgan fingerprint density at radius 2 is 1.34 bits per heavy atom. The maximum atomic E-state index is 5.38. The molecule has 4 fully saturated rings. The molecule has 3 heterocycles. The second-order valence-corrected chi connectivity index (χ2v) is 9.35. The van der Waals surface area contributed by atoms with Crippen molar-refractivity contribution in [1.29, 1.82) is 0 Å². The zero-order chi connectivity index (χ0) is 19.5. The van der Waals surface area contributed by atoms with Gasteiger partial charge in [-0.15, -0.1) is 0 Å². The highest BCUT2D eigenvalue weighted by Crippen LogP contribution is 2.43. The van der Waals surface area contributed by atoms with E-state index >= 15 is 0 Å². The molecule has 0 aromatic heterocycles. The van der Waals surface area contributed by atoms with Gasteiger partial charge in [-0.3, -0.25) is 9.89 Å². The summed E-state index contributed by atoms with van der Waals surface area (Å²) in [7, 11) is 0. The summed E-state index contributed by atoms with van der Waals surface area (Å²) in [6.07, 6.45) is 11.9. The van der Waals surface area contributed by atoms with Crippen LogP contribution in [0.5, 0.6) is 0 Å². The predicted octanol–water partition coefficient (Wildman–Crippen LogP) is 5.93. The van der Waals surface area contributed by atoms with Crippen LogP contribution >= 0.6 is 0 Å². The van der Waals surface area contributed by atoms with Gasteiger partial charge in [0.15, 0.2) is 0 Å². The first-order valence-electron chi connectivity index (χ1n) is 11.8. The molecule has 0 amide bonds. The number of piperidine rings is 3. The number of aliphatic imine (C=N–C) groups is 1. The van der Waals surface area contributed by atoms with E-state index in [1.165, 1.54) is 69.2 Å². The number of hydrogen-bond acceptors (Lipinski definition) is 2. The average Bonchev–Trinajstić information content (AvgIpc) is 2.81. The Kier molecular flexibility index (Phi) is 5.80. The van der Waals surface area contributed by atoms with Gasteiger partial charge in [-0.1, -0.05) is 79.9 Å². The molecule has 0 N–H and O–H groups in total. The molecule has 2 bridgehead atoms. The fourth-order valence-corrected chi connectivity index (χ4v) is 6.08. The number of hydrogen-bond donors (Lipinski definition) is 0. The second-order valence-electron chi connectivity index (χ2n) is 9.35. The molecule has 4 aliphatic rings. The Hall–Kier alpha value is -1.93. The van der Waals surface area contributed by atoms with E-state index in [0.29, 0.717) is 23.9 Å². The molecule has 0 radical (unpaired) electrons. The van der Waals surface area contributed by atoms with E-state index in [9.17, 15) is 0 Å². The molecule has 2 nitrogen and oxygen atoms in total. The van der Waals surface area contributed by atoms with Crippen molar-refractivity contribution in [1.82, 2.24) is 4.90 Å². The van der Waals surface area contributed by atoms with E-state index in [4.69, 9.17) is 4.99 Å². The summed E-state index contributed by atoms with van der Waals surface area (Å²) in [5.74, 6) is 1.86. The van der Waals surface area contributed by atoms with E-state index in [-0.39, 0.29) is 0 Å². The van der Waals surface area contributed by atoms with Crippen molar-refractivity contribution in [3.63, 3.8) is 0 Å². The number of fused-ring (bicyclic) bond motifs is 3. The quantitative estimate of drug-likeness (QED) is 0.581. The topological polar surface area (TPSA) is 15.6 Å². The molecule has 1 aliphatic carbocycles. The molecule has 2 heteroatoms. The third-order valence-electron chi connectivity index (χ3n) is 7.61. The zero-order valence-corrected chi connectivity index (χ0v) is 17.5. The predicted molar refractivity (Wildman–Crippen MR) is 122 cm³/mol. The van der Waals surface area contributed by atoms with Gasteiger partial charge < -0.3 is 0 Å². The van der Waals surface area contributed by atoms with Crippen molar-refractivity contribution in [3.05, 3.63) is 71.8 Å². The van der Waals surface area contributed by atoms with Gasteiger partial charge in [0.2, 0.25) is 0 Å². The monoisotopic (exact) mass is 386 g/mol. The van der Waals surface area contributed by atoms with Gasteiger partial charge in [0.25, 0.3) is 0 Å². The first-order chi connectivity index (χ1) is 14.4. The maximum Gasteiger partial charge on any atom is 0.0689 e. The summed E-state index contributed by atoms with van der Waals surface area (Å²) < 4.78 is 0. The van der Waals surface area contributed by atoms with Crippen LogP contribution in [0.3, 0.4) is 0 Å². The molecular formula is C27H34N2. The van der Waals surface area contributed by atoms with Crippen LogP contribution in [0.4, 0.5) is 0 Å². The first-order valence-corrected chi connectivity index (χ1v) is 11.8. The normalized spacial score (nSPS) is 30.2. The Morgan fingerprint density at radius 3 is 1.93 bits per heavy atom. The summed E-state index contributed by atoms with van der Waals surface area (Å²) in [5.41, 5.74) is 2.88. The van der Waals surface area contributed by atoms with Gasteiger partial charge in [-0.05, 0) is 61.7 Å². The van der Waals surface area contributed by atoms with Crippen LogP contribution in [-0.2, 0) is 0 Å². The fraction of sp³-hybridized carbons (Fsp3) is 0.519. The van der Waals surface area contributed by atoms with Gasteiger partial charge in [0.1, 0.15) is 0 Å². The molecule has 2 atom stereocenters. The van der Waals surface area contributed by atoms with E-state index in [1.807, 2.05) is 0 Å². The lowest BCUT2D eigenvalue weighted by atomic mass is 9.70. The Morgan fingerprint density at radius 1 is 0.759 bits per heavy atom. The molecule has 0 unspecified atom stereocenters.